The maximum absolute atomic E-state index is 12.6. The lowest BCUT2D eigenvalue weighted by Crippen LogP contribution is -2.48. The second-order valence-corrected chi connectivity index (χ2v) is 5.91. The van der Waals surface area contributed by atoms with Crippen LogP contribution in [0.2, 0.25) is 0 Å². The first-order chi connectivity index (χ1) is 8.47. The van der Waals surface area contributed by atoms with Gasteiger partial charge in [0.25, 0.3) is 0 Å². The van der Waals surface area contributed by atoms with Crippen molar-refractivity contribution in [3.05, 3.63) is 0 Å². The van der Waals surface area contributed by atoms with Gasteiger partial charge in [0.2, 0.25) is 5.91 Å². The van der Waals surface area contributed by atoms with E-state index >= 15 is 0 Å². The molecule has 1 heterocycles. The summed E-state index contributed by atoms with van der Waals surface area (Å²) in [5.41, 5.74) is 0. The van der Waals surface area contributed by atoms with E-state index in [4.69, 9.17) is 0 Å². The molecule has 0 spiro atoms. The molecular formula is C11H17F3N2OS. The van der Waals surface area contributed by atoms with Crippen LogP contribution in [0.15, 0.2) is 0 Å². The van der Waals surface area contributed by atoms with Gasteiger partial charge in [0, 0.05) is 17.7 Å². The molecule has 3 nitrogen and oxygen atoms in total. The second kappa shape index (κ2) is 5.69. The number of hydrogen-bond donors (Lipinski definition) is 2. The average molecular weight is 282 g/mol. The predicted molar refractivity (Wildman–Crippen MR) is 64.2 cm³/mol. The van der Waals surface area contributed by atoms with Crippen LogP contribution in [0.25, 0.3) is 0 Å². The van der Waals surface area contributed by atoms with Gasteiger partial charge < -0.3 is 5.32 Å². The fourth-order valence-corrected chi connectivity index (χ4v) is 3.43. The molecule has 0 aromatic carbocycles. The van der Waals surface area contributed by atoms with E-state index in [1.54, 1.807) is 11.8 Å². The van der Waals surface area contributed by atoms with E-state index in [2.05, 4.69) is 10.6 Å². The van der Waals surface area contributed by atoms with Gasteiger partial charge in [-0.3, -0.25) is 10.1 Å². The van der Waals surface area contributed by atoms with E-state index in [0.29, 0.717) is 18.6 Å². The first-order valence-corrected chi connectivity index (χ1v) is 7.30. The highest BCUT2D eigenvalue weighted by Gasteiger charge is 2.42. The fourth-order valence-electron chi connectivity index (χ4n) is 2.48. The third-order valence-corrected chi connectivity index (χ3v) is 4.46. The maximum Gasteiger partial charge on any atom is 0.391 e. The number of amides is 1. The van der Waals surface area contributed by atoms with Gasteiger partial charge in [-0.15, -0.1) is 11.8 Å². The molecule has 2 N–H and O–H groups in total. The Morgan fingerprint density at radius 1 is 1.33 bits per heavy atom. The molecule has 3 atom stereocenters. The summed E-state index contributed by atoms with van der Waals surface area (Å²) in [6.07, 6.45) is -2.74. The van der Waals surface area contributed by atoms with E-state index in [0.717, 1.165) is 5.88 Å². The topological polar surface area (TPSA) is 41.1 Å². The van der Waals surface area contributed by atoms with Gasteiger partial charge in [0.1, 0.15) is 0 Å². The monoisotopic (exact) mass is 282 g/mol. The lowest BCUT2D eigenvalue weighted by molar-refractivity contribution is -0.184. The molecule has 0 aromatic heterocycles. The van der Waals surface area contributed by atoms with Crippen LogP contribution in [-0.4, -0.2) is 35.8 Å². The van der Waals surface area contributed by atoms with Crippen LogP contribution < -0.4 is 10.6 Å². The Kier molecular flexibility index (Phi) is 4.42. The molecule has 1 saturated heterocycles. The highest BCUT2D eigenvalue weighted by molar-refractivity contribution is 7.99. The van der Waals surface area contributed by atoms with Crippen LogP contribution in [0.4, 0.5) is 13.2 Å². The highest BCUT2D eigenvalue weighted by atomic mass is 32.2. The highest BCUT2D eigenvalue weighted by Crippen LogP contribution is 2.37. The molecule has 0 bridgehead atoms. The van der Waals surface area contributed by atoms with Gasteiger partial charge in [0.15, 0.2) is 0 Å². The lowest BCUT2D eigenvalue weighted by Gasteiger charge is -2.31. The molecule has 2 rings (SSSR count). The standard InChI is InChI=1S/C11H17F3N2OS/c12-11(13,14)7-2-1-3-8(4-7)16-10(17)9-5-18-6-15-9/h7-9,15H,1-6H2,(H,16,17). The number of nitrogens with one attached hydrogen (secondary N) is 2. The van der Waals surface area contributed by atoms with E-state index in [1.807, 2.05) is 0 Å². The predicted octanol–water partition coefficient (Wildman–Crippen LogP) is 1.89. The minimum Gasteiger partial charge on any atom is -0.352 e. The number of halogens is 3. The molecule has 7 heteroatoms. The van der Waals surface area contributed by atoms with E-state index in [1.165, 1.54) is 0 Å². The summed E-state index contributed by atoms with van der Waals surface area (Å²) in [6.45, 7) is 0. The molecule has 2 fully saturated rings. The molecule has 1 amide bonds. The van der Waals surface area contributed by atoms with Gasteiger partial charge in [-0.05, 0) is 19.3 Å². The van der Waals surface area contributed by atoms with Crippen molar-refractivity contribution in [2.45, 2.75) is 43.9 Å². The minimum absolute atomic E-state index is 0.0229. The van der Waals surface area contributed by atoms with Crippen molar-refractivity contribution in [1.29, 1.82) is 0 Å². The summed E-state index contributed by atoms with van der Waals surface area (Å²) in [6, 6.07) is -0.577. The summed E-state index contributed by atoms with van der Waals surface area (Å²) in [7, 11) is 0. The van der Waals surface area contributed by atoms with Crippen molar-refractivity contribution in [2.75, 3.05) is 11.6 Å². The van der Waals surface area contributed by atoms with Crippen LogP contribution in [0.5, 0.6) is 0 Å². The quantitative estimate of drug-likeness (QED) is 0.812. The minimum atomic E-state index is -4.13. The average Bonchev–Trinajstić information content (AvgIpc) is 2.81. The number of thioether (sulfide) groups is 1. The molecule has 2 aliphatic rings. The third-order valence-electron chi connectivity index (χ3n) is 3.52. The molecule has 1 aliphatic carbocycles. The molecule has 0 aromatic rings. The fraction of sp³-hybridized carbons (Fsp3) is 0.909. The first-order valence-electron chi connectivity index (χ1n) is 6.15. The van der Waals surface area contributed by atoms with Crippen LogP contribution in [-0.2, 0) is 4.79 Å². The van der Waals surface area contributed by atoms with Crippen molar-refractivity contribution in [3.63, 3.8) is 0 Å². The lowest BCUT2D eigenvalue weighted by atomic mass is 9.85. The van der Waals surface area contributed by atoms with E-state index in [9.17, 15) is 18.0 Å². The van der Waals surface area contributed by atoms with Gasteiger partial charge in [-0.1, -0.05) is 6.42 Å². The number of carbonyl (C=O) groups excluding carboxylic acids is 1. The zero-order chi connectivity index (χ0) is 13.2. The summed E-state index contributed by atoms with van der Waals surface area (Å²) in [5, 5.41) is 5.76. The third kappa shape index (κ3) is 3.54. The Balaban J connectivity index is 1.83. The van der Waals surface area contributed by atoms with Gasteiger partial charge >= 0.3 is 6.18 Å². The zero-order valence-corrected chi connectivity index (χ0v) is 10.7. The SMILES string of the molecule is O=C(NC1CCCC(C(F)(F)F)C1)C1CSCN1. The van der Waals surface area contributed by atoms with Crippen LogP contribution in [0.1, 0.15) is 25.7 Å². The van der Waals surface area contributed by atoms with Crippen LogP contribution >= 0.6 is 11.8 Å². The summed E-state index contributed by atoms with van der Waals surface area (Å²) in [4.78, 5) is 11.8. The summed E-state index contributed by atoms with van der Waals surface area (Å²) >= 11 is 1.63. The van der Waals surface area contributed by atoms with E-state index < -0.39 is 12.1 Å². The van der Waals surface area contributed by atoms with Crippen LogP contribution in [0.3, 0.4) is 0 Å². The maximum atomic E-state index is 12.6. The van der Waals surface area contributed by atoms with Crippen molar-refractivity contribution in [1.82, 2.24) is 10.6 Å². The van der Waals surface area contributed by atoms with Crippen molar-refractivity contribution < 1.29 is 18.0 Å². The van der Waals surface area contributed by atoms with Crippen molar-refractivity contribution >= 4 is 17.7 Å². The number of hydrogen-bond acceptors (Lipinski definition) is 3. The Hall–Kier alpha value is -0.430. The first kappa shape index (κ1) is 14.0. The summed E-state index contributed by atoms with van der Waals surface area (Å²) in [5.74, 6) is 0.00475. The molecule has 1 saturated carbocycles. The normalized spacial score (nSPS) is 33.4. The molecule has 0 radical (unpaired) electrons. The molecular weight excluding hydrogens is 265 g/mol. The number of alkyl halides is 3. The smallest absolute Gasteiger partial charge is 0.352 e. The Bertz CT molecular complexity index is 305. The summed E-state index contributed by atoms with van der Waals surface area (Å²) < 4.78 is 37.9. The Labute approximate surface area is 108 Å². The number of rotatable bonds is 2. The van der Waals surface area contributed by atoms with Crippen molar-refractivity contribution in [2.24, 2.45) is 5.92 Å². The Morgan fingerprint density at radius 2 is 2.11 bits per heavy atom. The van der Waals surface area contributed by atoms with Gasteiger partial charge in [-0.25, -0.2) is 0 Å². The zero-order valence-electron chi connectivity index (χ0n) is 9.93. The molecule has 18 heavy (non-hydrogen) atoms. The Morgan fingerprint density at radius 3 is 2.72 bits per heavy atom. The van der Waals surface area contributed by atoms with E-state index in [-0.39, 0.29) is 30.8 Å². The second-order valence-electron chi connectivity index (χ2n) is 4.88. The van der Waals surface area contributed by atoms with Gasteiger partial charge in [-0.2, -0.15) is 13.2 Å². The van der Waals surface area contributed by atoms with Gasteiger partial charge in [0.05, 0.1) is 12.0 Å². The molecule has 104 valence electrons. The molecule has 3 unspecified atom stereocenters. The largest absolute Gasteiger partial charge is 0.391 e. The van der Waals surface area contributed by atoms with Crippen LogP contribution in [0, 0.1) is 5.92 Å². The van der Waals surface area contributed by atoms with Crippen molar-refractivity contribution in [3.8, 4) is 0 Å². The molecule has 1 aliphatic heterocycles. The number of carbonyl (C=O) groups is 1.